The summed E-state index contributed by atoms with van der Waals surface area (Å²) in [6.45, 7) is 4.32. The van der Waals surface area contributed by atoms with Gasteiger partial charge >= 0.3 is 0 Å². The van der Waals surface area contributed by atoms with Gasteiger partial charge in [-0.15, -0.1) is 11.8 Å². The summed E-state index contributed by atoms with van der Waals surface area (Å²) in [5.41, 5.74) is 0.597. The minimum atomic E-state index is -3.52. The van der Waals surface area contributed by atoms with E-state index in [-0.39, 0.29) is 16.7 Å². The summed E-state index contributed by atoms with van der Waals surface area (Å²) in [4.78, 5) is 15.3. The molecule has 1 aromatic rings. The van der Waals surface area contributed by atoms with Gasteiger partial charge in [-0.1, -0.05) is 6.92 Å². The number of anilines is 1. The minimum absolute atomic E-state index is 0.0644. The topological polar surface area (TPSA) is 69.7 Å². The third-order valence-corrected chi connectivity index (χ3v) is 7.47. The fourth-order valence-corrected chi connectivity index (χ4v) is 5.08. The Hall–Kier alpha value is -1.09. The van der Waals surface area contributed by atoms with Crippen LogP contribution < -0.4 is 5.32 Å². The van der Waals surface area contributed by atoms with E-state index in [9.17, 15) is 13.2 Å². The van der Waals surface area contributed by atoms with E-state index in [2.05, 4.69) is 10.2 Å². The average Bonchev–Trinajstić information content (AvgIpc) is 2.66. The van der Waals surface area contributed by atoms with Crippen molar-refractivity contribution in [3.05, 3.63) is 18.2 Å². The lowest BCUT2D eigenvalue weighted by Crippen LogP contribution is -2.47. The van der Waals surface area contributed by atoms with Gasteiger partial charge in [0.25, 0.3) is 0 Å². The van der Waals surface area contributed by atoms with Gasteiger partial charge in [0.05, 0.1) is 10.6 Å². The number of piperazine rings is 1. The molecular formula is C15H21N3O3S2. The van der Waals surface area contributed by atoms with E-state index in [4.69, 9.17) is 0 Å². The number of nitrogens with zero attached hydrogens (tertiary/aromatic N) is 2. The van der Waals surface area contributed by atoms with Crippen molar-refractivity contribution in [3.8, 4) is 0 Å². The van der Waals surface area contributed by atoms with E-state index in [0.29, 0.717) is 24.5 Å². The maximum Gasteiger partial charge on any atom is 0.243 e. The van der Waals surface area contributed by atoms with Crippen LogP contribution in [0.4, 0.5) is 5.69 Å². The summed E-state index contributed by atoms with van der Waals surface area (Å²) < 4.78 is 27.1. The lowest BCUT2D eigenvalue weighted by molar-refractivity contribution is -0.118. The number of carbonyl (C=O) groups is 1. The normalized spacial score (nSPS) is 23.9. The number of hydrogen-bond acceptors (Lipinski definition) is 5. The molecule has 23 heavy (non-hydrogen) atoms. The summed E-state index contributed by atoms with van der Waals surface area (Å²) in [5, 5.41) is 2.84. The summed E-state index contributed by atoms with van der Waals surface area (Å²) in [7, 11) is -1.53. The molecule has 1 fully saturated rings. The predicted octanol–water partition coefficient (Wildman–Crippen LogP) is 1.30. The maximum atomic E-state index is 12.8. The van der Waals surface area contributed by atoms with Crippen LogP contribution in [0.15, 0.2) is 28.0 Å². The van der Waals surface area contributed by atoms with Gasteiger partial charge in [-0.2, -0.15) is 4.31 Å². The molecule has 0 radical (unpaired) electrons. The molecule has 0 spiro atoms. The first kappa shape index (κ1) is 16.8. The number of carbonyl (C=O) groups excluding carboxylic acids is 1. The zero-order valence-electron chi connectivity index (χ0n) is 13.3. The van der Waals surface area contributed by atoms with Crippen molar-refractivity contribution < 1.29 is 13.2 Å². The molecule has 1 saturated heterocycles. The maximum absolute atomic E-state index is 12.8. The van der Waals surface area contributed by atoms with E-state index in [1.165, 1.54) is 4.31 Å². The number of nitrogens with one attached hydrogen (secondary N) is 1. The quantitative estimate of drug-likeness (QED) is 0.866. The van der Waals surface area contributed by atoms with Gasteiger partial charge in [0.2, 0.25) is 15.9 Å². The average molecular weight is 355 g/mol. The smallest absolute Gasteiger partial charge is 0.243 e. The third-order valence-electron chi connectivity index (χ3n) is 4.25. The molecule has 1 amide bonds. The van der Waals surface area contributed by atoms with Crippen molar-refractivity contribution in [3.63, 3.8) is 0 Å². The molecule has 1 aromatic carbocycles. The number of fused-ring (bicyclic) bond motifs is 1. The number of benzene rings is 1. The first-order valence-electron chi connectivity index (χ1n) is 7.64. The Kier molecular flexibility index (Phi) is 4.68. The molecule has 1 atom stereocenters. The Labute approximate surface area is 141 Å². The molecule has 6 nitrogen and oxygen atoms in total. The summed E-state index contributed by atoms with van der Waals surface area (Å²) in [6, 6.07) is 5.02. The van der Waals surface area contributed by atoms with E-state index >= 15 is 0 Å². The molecule has 0 bridgehead atoms. The van der Waals surface area contributed by atoms with E-state index in [1.807, 2.05) is 14.0 Å². The molecule has 0 saturated carbocycles. The zero-order valence-corrected chi connectivity index (χ0v) is 14.9. The summed E-state index contributed by atoms with van der Waals surface area (Å²) in [5.74, 6) is 0.541. The molecule has 0 unspecified atom stereocenters. The number of amides is 1. The van der Waals surface area contributed by atoms with Gasteiger partial charge in [-0.3, -0.25) is 4.79 Å². The van der Waals surface area contributed by atoms with Gasteiger partial charge in [0.1, 0.15) is 0 Å². The Morgan fingerprint density at radius 1 is 1.22 bits per heavy atom. The van der Waals surface area contributed by atoms with Crippen LogP contribution in [0.3, 0.4) is 0 Å². The lowest BCUT2D eigenvalue weighted by Gasteiger charge is -2.31. The van der Waals surface area contributed by atoms with Gasteiger partial charge in [0, 0.05) is 42.7 Å². The first-order chi connectivity index (χ1) is 10.9. The molecule has 1 N–H and O–H groups in total. The third kappa shape index (κ3) is 3.40. The highest BCUT2D eigenvalue weighted by Gasteiger charge is 2.29. The van der Waals surface area contributed by atoms with Gasteiger partial charge in [-0.05, 0) is 25.2 Å². The van der Waals surface area contributed by atoms with Gasteiger partial charge in [-0.25, -0.2) is 8.42 Å². The number of rotatable bonds is 2. The fraction of sp³-hybridized carbons (Fsp3) is 0.533. The fourth-order valence-electron chi connectivity index (χ4n) is 2.62. The molecule has 126 valence electrons. The van der Waals surface area contributed by atoms with Crippen LogP contribution in [-0.2, 0) is 14.8 Å². The van der Waals surface area contributed by atoms with Crippen LogP contribution in [0, 0.1) is 5.92 Å². The second-order valence-electron chi connectivity index (χ2n) is 6.07. The highest BCUT2D eigenvalue weighted by molar-refractivity contribution is 7.99. The van der Waals surface area contributed by atoms with Gasteiger partial charge < -0.3 is 10.2 Å². The number of thioether (sulfide) groups is 1. The molecule has 3 rings (SSSR count). The van der Waals surface area contributed by atoms with Crippen molar-refractivity contribution >= 4 is 33.4 Å². The number of hydrogen-bond donors (Lipinski definition) is 1. The molecule has 2 aliphatic rings. The van der Waals surface area contributed by atoms with E-state index < -0.39 is 10.0 Å². The minimum Gasteiger partial charge on any atom is -0.325 e. The molecule has 0 aliphatic carbocycles. The van der Waals surface area contributed by atoms with Crippen LogP contribution in [-0.4, -0.2) is 62.5 Å². The highest BCUT2D eigenvalue weighted by Crippen LogP contribution is 2.34. The summed E-state index contributed by atoms with van der Waals surface area (Å²) >= 11 is 1.58. The number of likely N-dealkylation sites (N-methyl/N-ethyl adjacent to an activating group) is 1. The highest BCUT2D eigenvalue weighted by atomic mass is 32.2. The Morgan fingerprint density at radius 3 is 2.61 bits per heavy atom. The molecule has 8 heteroatoms. The second kappa shape index (κ2) is 6.43. The van der Waals surface area contributed by atoms with Crippen molar-refractivity contribution in [1.29, 1.82) is 0 Å². The molecule has 2 aliphatic heterocycles. The van der Waals surface area contributed by atoms with Gasteiger partial charge in [0.15, 0.2) is 0 Å². The largest absolute Gasteiger partial charge is 0.325 e. The van der Waals surface area contributed by atoms with Crippen LogP contribution >= 0.6 is 11.8 Å². The second-order valence-corrected chi connectivity index (χ2v) is 9.07. The van der Waals surface area contributed by atoms with Crippen LogP contribution in [0.25, 0.3) is 0 Å². The van der Waals surface area contributed by atoms with Crippen LogP contribution in [0.5, 0.6) is 0 Å². The standard InChI is InChI=1S/C15H21N3O3S2/c1-11-10-22-14-4-3-12(9-13(14)16-15(11)19)23(20,21)18-7-5-17(2)6-8-18/h3-4,9,11H,5-8,10H2,1-2H3,(H,16,19)/t11-/m0/s1. The van der Waals surface area contributed by atoms with Crippen molar-refractivity contribution in [2.75, 3.05) is 44.3 Å². The first-order valence-corrected chi connectivity index (χ1v) is 10.1. The van der Waals surface area contributed by atoms with Crippen molar-refractivity contribution in [2.45, 2.75) is 16.7 Å². The predicted molar refractivity (Wildman–Crippen MR) is 91.2 cm³/mol. The van der Waals surface area contributed by atoms with Crippen LogP contribution in [0.1, 0.15) is 6.92 Å². The molecule has 0 aromatic heterocycles. The molecule has 2 heterocycles. The Morgan fingerprint density at radius 2 is 1.91 bits per heavy atom. The van der Waals surface area contributed by atoms with E-state index in [0.717, 1.165) is 18.0 Å². The lowest BCUT2D eigenvalue weighted by atomic mass is 10.2. The van der Waals surface area contributed by atoms with Crippen LogP contribution in [0.2, 0.25) is 0 Å². The van der Waals surface area contributed by atoms with Crippen molar-refractivity contribution in [2.24, 2.45) is 5.92 Å². The monoisotopic (exact) mass is 355 g/mol. The Balaban J connectivity index is 1.89. The number of sulfonamides is 1. The van der Waals surface area contributed by atoms with E-state index in [1.54, 1.807) is 30.0 Å². The summed E-state index contributed by atoms with van der Waals surface area (Å²) in [6.07, 6.45) is 0. The van der Waals surface area contributed by atoms with Crippen molar-refractivity contribution in [1.82, 2.24) is 9.21 Å². The Bertz CT molecular complexity index is 713. The molecular weight excluding hydrogens is 334 g/mol. The SMILES string of the molecule is C[C@H]1CSc2ccc(S(=O)(=O)N3CCN(C)CC3)cc2NC1=O. The zero-order chi connectivity index (χ0) is 16.6.